The Morgan fingerprint density at radius 2 is 1.76 bits per heavy atom. The van der Waals surface area contributed by atoms with Gasteiger partial charge >= 0.3 is 6.09 Å². The largest absolute Gasteiger partial charge is 0.497 e. The van der Waals surface area contributed by atoms with Gasteiger partial charge in [-0.1, -0.05) is 29.7 Å². The standard InChI is InChI=1S/C36H35ClF2N6O8S2/c1-36(2,55(5,51)52)14-12-25-20-30(46)45(33(40-25)28(41-35(47)48)18-22-16-23(38)19-24(39)17-22)29-11-10-27(37)31-32(29)43(3)42-34(31)44(54(49)50)15-13-21-6-8-26(53-4)9-7-21/h6-11,16-17,19-20,28,41H,13,15,18H2,1-5H3,(H,47,48)(H,49,50)/t28-/m0/s1. The summed E-state index contributed by atoms with van der Waals surface area (Å²) in [5.74, 6) is 3.65. The maximum Gasteiger partial charge on any atom is 0.405 e. The smallest absolute Gasteiger partial charge is 0.405 e. The van der Waals surface area contributed by atoms with Crippen molar-refractivity contribution in [2.45, 2.75) is 37.5 Å². The Morgan fingerprint density at radius 3 is 2.35 bits per heavy atom. The molecule has 2 atom stereocenters. The summed E-state index contributed by atoms with van der Waals surface area (Å²) in [6.45, 7) is 2.71. The highest BCUT2D eigenvalue weighted by atomic mass is 35.5. The first-order chi connectivity index (χ1) is 25.8. The molecule has 290 valence electrons. The second-order valence-electron chi connectivity index (χ2n) is 12.9. The molecule has 0 bridgehead atoms. The van der Waals surface area contributed by atoms with Crippen LogP contribution in [0.4, 0.5) is 19.4 Å². The summed E-state index contributed by atoms with van der Waals surface area (Å²) in [7, 11) is -0.677. The summed E-state index contributed by atoms with van der Waals surface area (Å²) >= 11 is 4.12. The van der Waals surface area contributed by atoms with Crippen LogP contribution in [0.2, 0.25) is 5.02 Å². The Hall–Kier alpha value is -5.35. The zero-order chi connectivity index (χ0) is 40.4. The molecule has 0 fully saturated rings. The van der Waals surface area contributed by atoms with Crippen molar-refractivity contribution < 1.29 is 40.6 Å². The van der Waals surface area contributed by atoms with Gasteiger partial charge < -0.3 is 15.2 Å². The molecule has 5 rings (SSSR count). The second-order valence-corrected chi connectivity index (χ2v) is 16.7. The Kier molecular flexibility index (Phi) is 12.0. The van der Waals surface area contributed by atoms with Crippen LogP contribution >= 0.6 is 11.6 Å². The second kappa shape index (κ2) is 16.2. The lowest BCUT2D eigenvalue weighted by Gasteiger charge is -2.22. The van der Waals surface area contributed by atoms with Crippen LogP contribution in [-0.2, 0) is 41.0 Å². The third-order valence-corrected chi connectivity index (χ3v) is 11.7. The molecule has 3 N–H and O–H groups in total. The van der Waals surface area contributed by atoms with Crippen molar-refractivity contribution in [3.63, 3.8) is 0 Å². The average Bonchev–Trinajstić information content (AvgIpc) is 3.43. The Morgan fingerprint density at radius 1 is 1.11 bits per heavy atom. The number of amides is 1. The molecule has 55 heavy (non-hydrogen) atoms. The molecule has 3 aromatic carbocycles. The van der Waals surface area contributed by atoms with E-state index in [1.54, 1.807) is 24.3 Å². The van der Waals surface area contributed by atoms with Gasteiger partial charge in [0.1, 0.15) is 33.6 Å². The molecule has 14 nitrogen and oxygen atoms in total. The topological polar surface area (TPSA) is 186 Å². The molecule has 2 heterocycles. The van der Waals surface area contributed by atoms with Crippen LogP contribution in [0.15, 0.2) is 65.5 Å². The number of carbonyl (C=O) groups is 1. The Labute approximate surface area is 322 Å². The van der Waals surface area contributed by atoms with Gasteiger partial charge in [0, 0.05) is 38.4 Å². The van der Waals surface area contributed by atoms with Crippen LogP contribution in [0.25, 0.3) is 16.6 Å². The molecule has 0 radical (unpaired) electrons. The average molecular weight is 817 g/mol. The van der Waals surface area contributed by atoms with E-state index in [9.17, 15) is 40.7 Å². The van der Waals surface area contributed by atoms with Crippen LogP contribution in [-0.4, -0.2) is 72.4 Å². The lowest BCUT2D eigenvalue weighted by atomic mass is 10.0. The minimum absolute atomic E-state index is 0.000852. The lowest BCUT2D eigenvalue weighted by Crippen LogP contribution is -2.35. The maximum absolute atomic E-state index is 14.3. The molecule has 0 aliphatic heterocycles. The van der Waals surface area contributed by atoms with Gasteiger partial charge in [0.2, 0.25) is 0 Å². The summed E-state index contributed by atoms with van der Waals surface area (Å²) in [6, 6.07) is 12.1. The molecule has 0 aliphatic carbocycles. The molecule has 5 aromatic rings. The molecule has 0 saturated heterocycles. The number of nitrogens with zero attached hydrogens (tertiary/aromatic N) is 5. The number of anilines is 1. The summed E-state index contributed by atoms with van der Waals surface area (Å²) in [4.78, 5) is 30.9. The zero-order valence-electron chi connectivity index (χ0n) is 30.0. The normalized spacial score (nSPS) is 12.8. The first-order valence-electron chi connectivity index (χ1n) is 16.3. The minimum atomic E-state index is -3.71. The van der Waals surface area contributed by atoms with Crippen molar-refractivity contribution in [3.8, 4) is 23.3 Å². The van der Waals surface area contributed by atoms with E-state index in [1.165, 1.54) is 44.8 Å². The lowest BCUT2D eigenvalue weighted by molar-refractivity contribution is 0.189. The monoisotopic (exact) mass is 816 g/mol. The fourth-order valence-corrected chi connectivity index (χ4v) is 6.64. The number of aryl methyl sites for hydroxylation is 1. The number of fused-ring (bicyclic) bond motifs is 1. The molecule has 1 amide bonds. The van der Waals surface area contributed by atoms with Gasteiger partial charge in [0.25, 0.3) is 16.8 Å². The third-order valence-electron chi connectivity index (χ3n) is 8.66. The predicted octanol–water partition coefficient (Wildman–Crippen LogP) is 4.97. The van der Waals surface area contributed by atoms with E-state index in [-0.39, 0.29) is 51.1 Å². The summed E-state index contributed by atoms with van der Waals surface area (Å²) in [5.41, 5.74) is -0.00649. The number of rotatable bonds is 12. The molecule has 0 saturated carbocycles. The van der Waals surface area contributed by atoms with Crippen molar-refractivity contribution >= 4 is 55.5 Å². The van der Waals surface area contributed by atoms with E-state index in [1.807, 2.05) is 0 Å². The van der Waals surface area contributed by atoms with E-state index in [4.69, 9.17) is 16.3 Å². The van der Waals surface area contributed by atoms with Crippen molar-refractivity contribution in [1.82, 2.24) is 24.6 Å². The van der Waals surface area contributed by atoms with Crippen LogP contribution in [0.1, 0.15) is 42.5 Å². The summed E-state index contributed by atoms with van der Waals surface area (Å²) in [6.07, 6.45) is -0.681. The number of methoxy groups -OCH3 is 1. The Bertz CT molecular complexity index is 2530. The van der Waals surface area contributed by atoms with E-state index in [0.717, 1.165) is 38.9 Å². The van der Waals surface area contributed by atoms with Gasteiger partial charge in [-0.3, -0.25) is 22.9 Å². The van der Waals surface area contributed by atoms with E-state index in [0.29, 0.717) is 18.2 Å². The van der Waals surface area contributed by atoms with Gasteiger partial charge in [0.15, 0.2) is 15.7 Å². The number of sulfone groups is 1. The minimum Gasteiger partial charge on any atom is -0.497 e. The number of ether oxygens (including phenoxy) is 1. The fourth-order valence-electron chi connectivity index (χ4n) is 5.64. The molecular weight excluding hydrogens is 782 g/mol. The van der Waals surface area contributed by atoms with Crippen molar-refractivity contribution in [2.24, 2.45) is 7.05 Å². The Balaban J connectivity index is 1.74. The van der Waals surface area contributed by atoms with E-state index >= 15 is 0 Å². The molecule has 2 aromatic heterocycles. The van der Waals surface area contributed by atoms with Gasteiger partial charge in [-0.2, -0.15) is 5.10 Å². The quantitative estimate of drug-likeness (QED) is 0.115. The van der Waals surface area contributed by atoms with Crippen LogP contribution < -0.4 is 19.9 Å². The number of nitrogens with one attached hydrogen (secondary N) is 1. The number of hydrogen-bond donors (Lipinski definition) is 3. The highest BCUT2D eigenvalue weighted by Crippen LogP contribution is 2.37. The van der Waals surface area contributed by atoms with Gasteiger partial charge in [-0.05, 0) is 73.7 Å². The number of benzene rings is 3. The fraction of sp³-hybridized carbons (Fsp3) is 0.278. The van der Waals surface area contributed by atoms with Crippen LogP contribution in [0.5, 0.6) is 5.75 Å². The number of halogens is 3. The van der Waals surface area contributed by atoms with Crippen molar-refractivity contribution in [3.05, 3.63) is 110 Å². The summed E-state index contributed by atoms with van der Waals surface area (Å²) < 4.78 is 83.6. The molecule has 0 aliphatic rings. The number of hydrogen-bond acceptors (Lipinski definition) is 8. The van der Waals surface area contributed by atoms with Gasteiger partial charge in [0.05, 0.1) is 34.8 Å². The zero-order valence-corrected chi connectivity index (χ0v) is 32.4. The van der Waals surface area contributed by atoms with Crippen molar-refractivity contribution in [1.29, 1.82) is 0 Å². The summed E-state index contributed by atoms with van der Waals surface area (Å²) in [5, 5.41) is 16.9. The third kappa shape index (κ3) is 9.14. The molecule has 0 spiro atoms. The first-order valence-corrected chi connectivity index (χ1v) is 19.6. The molecular formula is C36H35ClF2N6O8S2. The highest BCUT2D eigenvalue weighted by Gasteiger charge is 2.30. The van der Waals surface area contributed by atoms with Gasteiger partial charge in [-0.25, -0.2) is 31.2 Å². The van der Waals surface area contributed by atoms with Gasteiger partial charge in [-0.15, -0.1) is 0 Å². The maximum atomic E-state index is 14.3. The number of aromatic nitrogens is 4. The van der Waals surface area contributed by atoms with Crippen LogP contribution in [0.3, 0.4) is 0 Å². The first kappa shape index (κ1) is 40.8. The van der Waals surface area contributed by atoms with Crippen LogP contribution in [0, 0.1) is 23.5 Å². The highest BCUT2D eigenvalue weighted by molar-refractivity contribution is 7.92. The van der Waals surface area contributed by atoms with E-state index in [2.05, 4.69) is 27.2 Å². The van der Waals surface area contributed by atoms with E-state index < -0.39 is 61.6 Å². The molecule has 1 unspecified atom stereocenters. The number of carboxylic acid groups (broad SMARTS) is 1. The SMILES string of the molecule is COc1ccc(CCN(c2nn(C)c3c(-n4c([C@H](Cc5cc(F)cc(F)c5)NC(=O)O)nc(C#CC(C)(C)S(C)(=O)=O)cc4=O)ccc(Cl)c23)S(=O)O)cc1. The predicted molar refractivity (Wildman–Crippen MR) is 204 cm³/mol. The molecule has 19 heteroatoms. The van der Waals surface area contributed by atoms with Crippen molar-refractivity contribution in [2.75, 3.05) is 24.2 Å².